The zero-order valence-electron chi connectivity index (χ0n) is 13.5. The van der Waals surface area contributed by atoms with Crippen molar-refractivity contribution >= 4 is 21.8 Å². The van der Waals surface area contributed by atoms with E-state index < -0.39 is 5.54 Å². The number of aromatic nitrogens is 4. The van der Waals surface area contributed by atoms with Crippen molar-refractivity contribution in [3.8, 4) is 0 Å². The van der Waals surface area contributed by atoms with E-state index in [2.05, 4.69) is 36.5 Å². The molecule has 130 valence electrons. The molecule has 0 radical (unpaired) electrons. The number of nitrogens with one attached hydrogen (secondary N) is 1. The molecule has 1 saturated carbocycles. The predicted molar refractivity (Wildman–Crippen MR) is 89.8 cm³/mol. The summed E-state index contributed by atoms with van der Waals surface area (Å²) in [5.41, 5.74) is -0.561. The van der Waals surface area contributed by atoms with Gasteiger partial charge in [-0.3, -0.25) is 9.48 Å². The summed E-state index contributed by atoms with van der Waals surface area (Å²) in [5, 5.41) is 11.2. The molecule has 1 aliphatic rings. The average Bonchev–Trinajstić information content (AvgIpc) is 3.26. The largest absolute Gasteiger partial charge is 0.454 e. The molecular weight excluding hydrogens is 390 g/mol. The highest BCUT2D eigenvalue weighted by Crippen LogP contribution is 2.40. The van der Waals surface area contributed by atoms with Crippen LogP contribution >= 0.6 is 15.9 Å². The molecule has 0 spiro atoms. The number of rotatable bonds is 5. The molecule has 1 aliphatic carbocycles. The van der Waals surface area contributed by atoms with Gasteiger partial charge in [0.05, 0.1) is 17.2 Å². The zero-order chi connectivity index (χ0) is 17.4. The molecule has 25 heavy (non-hydrogen) atoms. The molecule has 0 unspecified atom stereocenters. The number of furan rings is 1. The Morgan fingerprint density at radius 1 is 1.44 bits per heavy atom. The van der Waals surface area contributed by atoms with Crippen molar-refractivity contribution in [2.24, 2.45) is 0 Å². The van der Waals surface area contributed by atoms with Crippen LogP contribution in [0.15, 0.2) is 37.9 Å². The molecule has 0 saturated heterocycles. The van der Waals surface area contributed by atoms with Crippen molar-refractivity contribution in [3.63, 3.8) is 0 Å². The summed E-state index contributed by atoms with van der Waals surface area (Å²) in [6.07, 6.45) is 6.11. The topological polar surface area (TPSA) is 99.0 Å². The molecule has 9 heteroatoms. The molecule has 1 fully saturated rings. The molecule has 3 aromatic rings. The Balaban J connectivity index is 1.48. The summed E-state index contributed by atoms with van der Waals surface area (Å²) in [4.78, 5) is 16.9. The van der Waals surface area contributed by atoms with Gasteiger partial charge in [0.2, 0.25) is 5.89 Å². The highest BCUT2D eigenvalue weighted by atomic mass is 79.9. The minimum absolute atomic E-state index is 0.257. The van der Waals surface area contributed by atoms with Gasteiger partial charge in [0.25, 0.3) is 5.91 Å². The molecule has 3 heterocycles. The van der Waals surface area contributed by atoms with E-state index in [-0.39, 0.29) is 11.7 Å². The van der Waals surface area contributed by atoms with Gasteiger partial charge in [0.1, 0.15) is 11.3 Å². The minimum Gasteiger partial charge on any atom is -0.454 e. The molecule has 3 aromatic heterocycles. The monoisotopic (exact) mass is 405 g/mol. The van der Waals surface area contributed by atoms with Gasteiger partial charge in [-0.05, 0) is 47.3 Å². The molecule has 8 nitrogen and oxygen atoms in total. The average molecular weight is 406 g/mol. The quantitative estimate of drug-likeness (QED) is 0.700. The van der Waals surface area contributed by atoms with Crippen LogP contribution in [0.4, 0.5) is 0 Å². The number of carbonyl (C=O) groups excluding carboxylic acids is 1. The predicted octanol–water partition coefficient (Wildman–Crippen LogP) is 2.79. The van der Waals surface area contributed by atoms with Crippen LogP contribution in [0.3, 0.4) is 0 Å². The van der Waals surface area contributed by atoms with Crippen molar-refractivity contribution in [2.75, 3.05) is 0 Å². The third-order valence-electron chi connectivity index (χ3n) is 4.32. The zero-order valence-corrected chi connectivity index (χ0v) is 15.1. The van der Waals surface area contributed by atoms with Crippen LogP contribution in [-0.2, 0) is 12.1 Å². The smallest absolute Gasteiger partial charge is 0.287 e. The van der Waals surface area contributed by atoms with Crippen LogP contribution in [0.2, 0.25) is 0 Å². The van der Waals surface area contributed by atoms with Gasteiger partial charge in [-0.15, -0.1) is 0 Å². The lowest BCUT2D eigenvalue weighted by atomic mass is 9.76. The number of aryl methyl sites for hydroxylation is 1. The van der Waals surface area contributed by atoms with Crippen molar-refractivity contribution < 1.29 is 13.7 Å². The van der Waals surface area contributed by atoms with Gasteiger partial charge in [0.15, 0.2) is 11.6 Å². The molecule has 0 atom stereocenters. The lowest BCUT2D eigenvalue weighted by molar-refractivity contribution is 0.0774. The summed E-state index contributed by atoms with van der Waals surface area (Å²) >= 11 is 3.35. The first-order valence-electron chi connectivity index (χ1n) is 7.94. The van der Waals surface area contributed by atoms with Crippen molar-refractivity contribution in [2.45, 2.75) is 38.3 Å². The highest BCUT2D eigenvalue weighted by molar-refractivity contribution is 9.10. The van der Waals surface area contributed by atoms with Crippen molar-refractivity contribution in [3.05, 3.63) is 52.2 Å². The molecule has 1 N–H and O–H groups in total. The second-order valence-corrected chi connectivity index (χ2v) is 7.06. The van der Waals surface area contributed by atoms with Gasteiger partial charge >= 0.3 is 0 Å². The number of amides is 1. The van der Waals surface area contributed by atoms with Crippen LogP contribution in [0.1, 0.15) is 47.3 Å². The standard InChI is InChI=1S/C16H16BrN5O3/c1-10-19-15(21-25-10)16(5-2-6-16)20-14(23)13-4-3-12(24-13)9-22-8-11(17)7-18-22/h3-4,7-8H,2,5-6,9H2,1H3,(H,20,23). The summed E-state index contributed by atoms with van der Waals surface area (Å²) in [6, 6.07) is 3.44. The van der Waals surface area contributed by atoms with E-state index in [1.54, 1.807) is 29.9 Å². The van der Waals surface area contributed by atoms with Crippen LogP contribution < -0.4 is 5.32 Å². The van der Waals surface area contributed by atoms with E-state index >= 15 is 0 Å². The Bertz CT molecular complexity index is 908. The molecule has 0 aromatic carbocycles. The Kier molecular flexibility index (Phi) is 3.95. The van der Waals surface area contributed by atoms with Crippen LogP contribution in [0.25, 0.3) is 0 Å². The fourth-order valence-corrected chi connectivity index (χ4v) is 3.20. The van der Waals surface area contributed by atoms with E-state index in [4.69, 9.17) is 8.94 Å². The van der Waals surface area contributed by atoms with Gasteiger partial charge in [-0.2, -0.15) is 10.1 Å². The summed E-state index contributed by atoms with van der Waals surface area (Å²) < 4.78 is 13.3. The number of hydrogen-bond donors (Lipinski definition) is 1. The first kappa shape index (κ1) is 16.1. The molecule has 1 amide bonds. The summed E-state index contributed by atoms with van der Waals surface area (Å²) in [5.74, 6) is 1.64. The van der Waals surface area contributed by atoms with E-state index in [1.807, 2.05) is 6.20 Å². The minimum atomic E-state index is -0.561. The third kappa shape index (κ3) is 3.11. The van der Waals surface area contributed by atoms with Gasteiger partial charge in [-0.1, -0.05) is 5.16 Å². The lowest BCUT2D eigenvalue weighted by Gasteiger charge is -2.39. The van der Waals surface area contributed by atoms with Gasteiger partial charge in [-0.25, -0.2) is 0 Å². The maximum atomic E-state index is 12.6. The lowest BCUT2D eigenvalue weighted by Crippen LogP contribution is -2.51. The maximum Gasteiger partial charge on any atom is 0.287 e. The summed E-state index contributed by atoms with van der Waals surface area (Å²) in [6.45, 7) is 2.19. The second-order valence-electron chi connectivity index (χ2n) is 6.15. The van der Waals surface area contributed by atoms with Crippen molar-refractivity contribution in [1.82, 2.24) is 25.2 Å². The molecule has 4 rings (SSSR count). The highest BCUT2D eigenvalue weighted by Gasteiger charge is 2.44. The Labute approximate surface area is 151 Å². The Morgan fingerprint density at radius 3 is 2.88 bits per heavy atom. The number of carbonyl (C=O) groups is 1. The van der Waals surface area contributed by atoms with Crippen LogP contribution in [-0.4, -0.2) is 25.8 Å². The number of nitrogens with zero attached hydrogens (tertiary/aromatic N) is 4. The Hall–Kier alpha value is -2.42. The SMILES string of the molecule is Cc1nc(C2(NC(=O)c3ccc(Cn4cc(Br)cn4)o3)CCC2)no1. The first-order valence-corrected chi connectivity index (χ1v) is 8.73. The van der Waals surface area contributed by atoms with E-state index in [9.17, 15) is 4.79 Å². The van der Waals surface area contributed by atoms with Crippen LogP contribution in [0.5, 0.6) is 0 Å². The Morgan fingerprint density at radius 2 is 2.28 bits per heavy atom. The fourth-order valence-electron chi connectivity index (χ4n) is 2.88. The van der Waals surface area contributed by atoms with Crippen molar-refractivity contribution in [1.29, 1.82) is 0 Å². The second kappa shape index (κ2) is 6.14. The molecule has 0 aliphatic heterocycles. The maximum absolute atomic E-state index is 12.6. The number of hydrogen-bond acceptors (Lipinski definition) is 6. The van der Waals surface area contributed by atoms with E-state index in [1.165, 1.54) is 0 Å². The van der Waals surface area contributed by atoms with Crippen LogP contribution in [0, 0.1) is 6.92 Å². The summed E-state index contributed by atoms with van der Waals surface area (Å²) in [7, 11) is 0. The van der Waals surface area contributed by atoms with Gasteiger partial charge < -0.3 is 14.3 Å². The normalized spacial score (nSPS) is 15.8. The fraction of sp³-hybridized carbons (Fsp3) is 0.375. The molecule has 0 bridgehead atoms. The van der Waals surface area contributed by atoms with E-state index in [0.29, 0.717) is 24.0 Å². The van der Waals surface area contributed by atoms with E-state index in [0.717, 1.165) is 23.7 Å². The van der Waals surface area contributed by atoms with Gasteiger partial charge in [0, 0.05) is 13.1 Å². The number of halogens is 1. The first-order chi connectivity index (χ1) is 12.0. The molecular formula is C16H16BrN5O3. The third-order valence-corrected chi connectivity index (χ3v) is 4.73.